The first-order valence-electron chi connectivity index (χ1n) is 6.88. The van der Waals surface area contributed by atoms with E-state index in [1.165, 1.54) is 6.07 Å². The van der Waals surface area contributed by atoms with Crippen LogP contribution in [-0.4, -0.2) is 41.1 Å². The maximum absolute atomic E-state index is 11.4. The lowest BCUT2D eigenvalue weighted by Gasteiger charge is -2.41. The smallest absolute Gasteiger partial charge is 0.354 e. The summed E-state index contributed by atoms with van der Waals surface area (Å²) >= 11 is 0. The summed E-state index contributed by atoms with van der Waals surface area (Å²) in [6.45, 7) is 1.61. The molecule has 20 heavy (non-hydrogen) atoms. The first-order valence-corrected chi connectivity index (χ1v) is 6.88. The van der Waals surface area contributed by atoms with Gasteiger partial charge in [0.05, 0.1) is 0 Å². The average Bonchev–Trinajstić information content (AvgIpc) is 2.47. The highest BCUT2D eigenvalue weighted by atomic mass is 16.4. The molecule has 2 unspecified atom stereocenters. The Balaban J connectivity index is 1.74. The van der Waals surface area contributed by atoms with Gasteiger partial charge in [-0.2, -0.15) is 0 Å². The number of carbonyl (C=O) groups excluding carboxylic acids is 1. The van der Waals surface area contributed by atoms with E-state index in [-0.39, 0.29) is 17.6 Å². The Hall–Kier alpha value is -2.11. The zero-order valence-corrected chi connectivity index (χ0v) is 11.1. The molecule has 0 saturated carbocycles. The van der Waals surface area contributed by atoms with Crippen molar-refractivity contribution < 1.29 is 14.7 Å². The Morgan fingerprint density at radius 3 is 3.05 bits per heavy atom. The summed E-state index contributed by atoms with van der Waals surface area (Å²) in [4.78, 5) is 28.7. The van der Waals surface area contributed by atoms with Gasteiger partial charge in [-0.25, -0.2) is 9.78 Å². The van der Waals surface area contributed by atoms with Gasteiger partial charge < -0.3 is 15.3 Å². The van der Waals surface area contributed by atoms with Gasteiger partial charge in [0, 0.05) is 25.6 Å². The van der Waals surface area contributed by atoms with Crippen LogP contribution < -0.4 is 10.2 Å². The first kappa shape index (κ1) is 12.9. The largest absolute Gasteiger partial charge is 0.477 e. The lowest BCUT2D eigenvalue weighted by Crippen LogP contribution is -2.54. The molecule has 2 aliphatic rings. The molecule has 0 spiro atoms. The van der Waals surface area contributed by atoms with Crippen molar-refractivity contribution >= 4 is 17.7 Å². The molecule has 106 valence electrons. The van der Waals surface area contributed by atoms with E-state index in [1.54, 1.807) is 6.07 Å². The van der Waals surface area contributed by atoms with Crippen LogP contribution in [-0.2, 0) is 4.79 Å². The molecule has 0 bridgehead atoms. The fraction of sp³-hybridized carbons (Fsp3) is 0.500. The minimum Gasteiger partial charge on any atom is -0.477 e. The summed E-state index contributed by atoms with van der Waals surface area (Å²) < 4.78 is 0. The fourth-order valence-electron chi connectivity index (χ4n) is 3.04. The molecule has 6 heteroatoms. The van der Waals surface area contributed by atoms with Crippen molar-refractivity contribution in [3.8, 4) is 0 Å². The molecule has 1 amide bonds. The van der Waals surface area contributed by atoms with Crippen LogP contribution >= 0.6 is 0 Å². The van der Waals surface area contributed by atoms with E-state index in [9.17, 15) is 9.59 Å². The normalized spacial score (nSPS) is 25.8. The number of hydrogen-bond donors (Lipinski definition) is 2. The molecule has 3 rings (SSSR count). The van der Waals surface area contributed by atoms with Crippen LogP contribution in [0.4, 0.5) is 5.82 Å². The molecule has 3 heterocycles. The maximum Gasteiger partial charge on any atom is 0.354 e. The number of anilines is 1. The molecule has 0 aliphatic carbocycles. The van der Waals surface area contributed by atoms with Crippen molar-refractivity contribution in [2.24, 2.45) is 5.92 Å². The van der Waals surface area contributed by atoms with Gasteiger partial charge in [0.1, 0.15) is 5.82 Å². The van der Waals surface area contributed by atoms with E-state index in [0.29, 0.717) is 18.2 Å². The molecule has 0 aromatic carbocycles. The monoisotopic (exact) mass is 275 g/mol. The Kier molecular flexibility index (Phi) is 3.30. The topological polar surface area (TPSA) is 82.5 Å². The second-order valence-electron chi connectivity index (χ2n) is 5.39. The average molecular weight is 275 g/mol. The van der Waals surface area contributed by atoms with Crippen molar-refractivity contribution in [1.82, 2.24) is 10.3 Å². The molecular formula is C14H17N3O3. The quantitative estimate of drug-likeness (QED) is 0.837. The van der Waals surface area contributed by atoms with E-state index >= 15 is 0 Å². The van der Waals surface area contributed by atoms with E-state index < -0.39 is 5.97 Å². The third kappa shape index (κ3) is 2.45. The Morgan fingerprint density at radius 1 is 1.40 bits per heavy atom. The van der Waals surface area contributed by atoms with E-state index in [0.717, 1.165) is 25.9 Å². The summed E-state index contributed by atoms with van der Waals surface area (Å²) in [6.07, 6.45) is 2.36. The second-order valence-corrected chi connectivity index (χ2v) is 5.39. The van der Waals surface area contributed by atoms with Gasteiger partial charge in [-0.05, 0) is 30.9 Å². The second kappa shape index (κ2) is 5.11. The number of aromatic nitrogens is 1. The predicted molar refractivity (Wildman–Crippen MR) is 72.7 cm³/mol. The maximum atomic E-state index is 11.4. The number of aromatic carboxylic acids is 1. The highest BCUT2D eigenvalue weighted by Crippen LogP contribution is 2.27. The molecule has 2 saturated heterocycles. The zero-order valence-electron chi connectivity index (χ0n) is 11.1. The van der Waals surface area contributed by atoms with E-state index in [4.69, 9.17) is 5.11 Å². The Bertz CT molecular complexity index is 546. The molecule has 2 N–H and O–H groups in total. The molecule has 0 radical (unpaired) electrons. The predicted octanol–water partition coefficient (Wildman–Crippen LogP) is 0.885. The van der Waals surface area contributed by atoms with Crippen LogP contribution in [0.3, 0.4) is 0 Å². The van der Waals surface area contributed by atoms with Crippen molar-refractivity contribution in [3.63, 3.8) is 0 Å². The van der Waals surface area contributed by atoms with Crippen LogP contribution in [0.1, 0.15) is 29.8 Å². The number of carbonyl (C=O) groups is 2. The number of nitrogens with zero attached hydrogens (tertiary/aromatic N) is 2. The molecule has 2 aliphatic heterocycles. The lowest BCUT2D eigenvalue weighted by atomic mass is 9.85. The number of fused-ring (bicyclic) bond motifs is 1. The summed E-state index contributed by atoms with van der Waals surface area (Å²) in [5.74, 6) is 0.273. The number of amides is 1. The molecule has 6 nitrogen and oxygen atoms in total. The van der Waals surface area contributed by atoms with Gasteiger partial charge in [-0.15, -0.1) is 0 Å². The van der Waals surface area contributed by atoms with Gasteiger partial charge in [0.25, 0.3) is 0 Å². The van der Waals surface area contributed by atoms with Gasteiger partial charge in [-0.3, -0.25) is 4.79 Å². The van der Waals surface area contributed by atoms with Gasteiger partial charge >= 0.3 is 5.97 Å². The Labute approximate surface area is 116 Å². The van der Waals surface area contributed by atoms with Crippen molar-refractivity contribution in [3.05, 3.63) is 23.9 Å². The first-order chi connectivity index (χ1) is 9.63. The van der Waals surface area contributed by atoms with Gasteiger partial charge in [0.2, 0.25) is 5.91 Å². The van der Waals surface area contributed by atoms with Crippen molar-refractivity contribution in [2.45, 2.75) is 25.3 Å². The summed E-state index contributed by atoms with van der Waals surface area (Å²) in [5, 5.41) is 12.0. The Morgan fingerprint density at radius 2 is 2.25 bits per heavy atom. The number of piperidine rings is 2. The summed E-state index contributed by atoms with van der Waals surface area (Å²) in [6, 6.07) is 5.32. The number of rotatable bonds is 2. The SMILES string of the molecule is O=C1CCC2CN(c3cccc(C(=O)O)n3)CCC2N1. The number of carboxylic acid groups (broad SMARTS) is 1. The number of hydrogen-bond acceptors (Lipinski definition) is 4. The molecular weight excluding hydrogens is 258 g/mol. The van der Waals surface area contributed by atoms with Gasteiger partial charge in [0.15, 0.2) is 5.69 Å². The third-order valence-corrected chi connectivity index (χ3v) is 4.10. The number of pyridine rings is 1. The van der Waals surface area contributed by atoms with Gasteiger partial charge in [-0.1, -0.05) is 6.07 Å². The van der Waals surface area contributed by atoms with Crippen LogP contribution in [0, 0.1) is 5.92 Å². The minimum atomic E-state index is -1.01. The summed E-state index contributed by atoms with van der Waals surface area (Å²) in [5.41, 5.74) is 0.0709. The van der Waals surface area contributed by atoms with Crippen LogP contribution in [0.2, 0.25) is 0 Å². The molecule has 2 atom stereocenters. The minimum absolute atomic E-state index is 0.0709. The molecule has 1 aromatic rings. The van der Waals surface area contributed by atoms with Crippen molar-refractivity contribution in [1.29, 1.82) is 0 Å². The van der Waals surface area contributed by atoms with Crippen molar-refractivity contribution in [2.75, 3.05) is 18.0 Å². The van der Waals surface area contributed by atoms with Crippen LogP contribution in [0.5, 0.6) is 0 Å². The highest BCUT2D eigenvalue weighted by molar-refractivity contribution is 5.85. The fourth-order valence-corrected chi connectivity index (χ4v) is 3.04. The van der Waals surface area contributed by atoms with Crippen LogP contribution in [0.25, 0.3) is 0 Å². The zero-order chi connectivity index (χ0) is 14.1. The highest BCUT2D eigenvalue weighted by Gasteiger charge is 2.34. The van der Waals surface area contributed by atoms with Crippen LogP contribution in [0.15, 0.2) is 18.2 Å². The standard InChI is InChI=1S/C14H17N3O3/c18-13-5-4-9-8-17(7-6-10(9)16-13)12-3-1-2-11(15-12)14(19)20/h1-3,9-10H,4-8H2,(H,16,18)(H,19,20). The molecule has 2 fully saturated rings. The lowest BCUT2D eigenvalue weighted by molar-refractivity contribution is -0.124. The van der Waals surface area contributed by atoms with E-state index in [2.05, 4.69) is 15.2 Å². The molecule has 1 aromatic heterocycles. The third-order valence-electron chi connectivity index (χ3n) is 4.10. The van der Waals surface area contributed by atoms with E-state index in [1.807, 2.05) is 6.07 Å². The summed E-state index contributed by atoms with van der Waals surface area (Å²) in [7, 11) is 0. The number of nitrogens with one attached hydrogen (secondary N) is 1. The number of carboxylic acids is 1.